The molecule has 0 spiro atoms. The first-order chi connectivity index (χ1) is 5.52. The second kappa shape index (κ2) is 3.27. The van der Waals surface area contributed by atoms with Gasteiger partial charge >= 0.3 is 0 Å². The van der Waals surface area contributed by atoms with Crippen LogP contribution in [0.3, 0.4) is 0 Å². The van der Waals surface area contributed by atoms with Gasteiger partial charge in [0.2, 0.25) is 0 Å². The maximum absolute atomic E-state index is 9.35. The van der Waals surface area contributed by atoms with Gasteiger partial charge in [-0.25, -0.2) is 0 Å². The Hall–Kier alpha value is -0.830. The molecule has 1 rings (SSSR count). The van der Waals surface area contributed by atoms with Crippen LogP contribution in [0.1, 0.15) is 31.3 Å². The van der Waals surface area contributed by atoms with Crippen molar-refractivity contribution in [2.24, 2.45) is 0 Å². The zero-order chi connectivity index (χ0) is 9.30. The Bertz CT molecular complexity index is 265. The zero-order valence-electron chi connectivity index (χ0n) is 8.07. The molecule has 3 nitrogen and oxygen atoms in total. The molecule has 2 atom stereocenters. The minimum Gasteiger partial charge on any atom is -0.391 e. The van der Waals surface area contributed by atoms with Crippen molar-refractivity contribution < 1.29 is 5.11 Å². The summed E-state index contributed by atoms with van der Waals surface area (Å²) >= 11 is 0. The van der Waals surface area contributed by atoms with Crippen LogP contribution >= 0.6 is 0 Å². The van der Waals surface area contributed by atoms with Gasteiger partial charge in [-0.1, -0.05) is 0 Å². The van der Waals surface area contributed by atoms with E-state index in [-0.39, 0.29) is 12.1 Å². The largest absolute Gasteiger partial charge is 0.391 e. The molecule has 0 aromatic carbocycles. The van der Waals surface area contributed by atoms with Crippen molar-refractivity contribution in [1.82, 2.24) is 9.78 Å². The van der Waals surface area contributed by atoms with Crippen LogP contribution in [0.5, 0.6) is 0 Å². The molecule has 3 heteroatoms. The Kier molecular flexibility index (Phi) is 2.52. The normalized spacial score (nSPS) is 16.1. The molecule has 0 fully saturated rings. The maximum atomic E-state index is 9.35. The predicted octanol–water partition coefficient (Wildman–Crippen LogP) is 1.44. The fourth-order valence-corrected chi connectivity index (χ4v) is 1.26. The minimum absolute atomic E-state index is 0.0544. The van der Waals surface area contributed by atoms with Crippen molar-refractivity contribution in [2.45, 2.75) is 39.8 Å². The van der Waals surface area contributed by atoms with Crippen molar-refractivity contribution in [3.05, 3.63) is 17.5 Å². The van der Waals surface area contributed by atoms with E-state index in [1.54, 1.807) is 6.92 Å². The van der Waals surface area contributed by atoms with Gasteiger partial charge in [-0.2, -0.15) is 5.10 Å². The molecule has 0 aliphatic carbocycles. The Balaban J connectivity index is 2.94. The number of rotatable bonds is 2. The van der Waals surface area contributed by atoms with E-state index in [4.69, 9.17) is 0 Å². The summed E-state index contributed by atoms with van der Waals surface area (Å²) in [6.07, 6.45) is -0.358. The highest BCUT2D eigenvalue weighted by Crippen LogP contribution is 2.13. The summed E-state index contributed by atoms with van der Waals surface area (Å²) in [5, 5.41) is 13.6. The second-order valence-corrected chi connectivity index (χ2v) is 3.35. The van der Waals surface area contributed by atoms with Crippen molar-refractivity contribution in [3.63, 3.8) is 0 Å². The quantitative estimate of drug-likeness (QED) is 0.725. The Labute approximate surface area is 73.0 Å². The summed E-state index contributed by atoms with van der Waals surface area (Å²) in [5.74, 6) is 0. The van der Waals surface area contributed by atoms with Crippen molar-refractivity contribution in [1.29, 1.82) is 0 Å². The number of nitrogens with zero attached hydrogens (tertiary/aromatic N) is 2. The van der Waals surface area contributed by atoms with E-state index in [9.17, 15) is 5.11 Å². The topological polar surface area (TPSA) is 38.0 Å². The molecule has 0 amide bonds. The summed E-state index contributed by atoms with van der Waals surface area (Å²) in [5.41, 5.74) is 2.10. The van der Waals surface area contributed by atoms with E-state index < -0.39 is 0 Å². The molecule has 1 N–H and O–H groups in total. The van der Waals surface area contributed by atoms with Gasteiger partial charge in [0.25, 0.3) is 0 Å². The van der Waals surface area contributed by atoms with Crippen molar-refractivity contribution in [3.8, 4) is 0 Å². The summed E-state index contributed by atoms with van der Waals surface area (Å²) < 4.78 is 1.86. The highest BCUT2D eigenvalue weighted by molar-refractivity contribution is 5.07. The van der Waals surface area contributed by atoms with E-state index in [1.807, 2.05) is 31.5 Å². The van der Waals surface area contributed by atoms with Crippen LogP contribution in [-0.2, 0) is 0 Å². The average molecular weight is 168 g/mol. The highest BCUT2D eigenvalue weighted by atomic mass is 16.3. The van der Waals surface area contributed by atoms with Gasteiger partial charge in [0.05, 0.1) is 17.8 Å². The average Bonchev–Trinajstić information content (AvgIpc) is 2.28. The van der Waals surface area contributed by atoms with Gasteiger partial charge in [-0.15, -0.1) is 0 Å². The molecular formula is C9H16N2O. The first-order valence-corrected chi connectivity index (χ1v) is 4.23. The predicted molar refractivity (Wildman–Crippen MR) is 48.1 cm³/mol. The number of hydrogen-bond acceptors (Lipinski definition) is 2. The van der Waals surface area contributed by atoms with E-state index in [2.05, 4.69) is 5.10 Å². The molecule has 0 saturated carbocycles. The van der Waals surface area contributed by atoms with Crippen LogP contribution in [-0.4, -0.2) is 21.0 Å². The van der Waals surface area contributed by atoms with E-state index in [0.717, 1.165) is 11.4 Å². The fourth-order valence-electron chi connectivity index (χ4n) is 1.26. The SMILES string of the molecule is Cc1cc(C)n(C(C)C(C)O)n1. The molecule has 0 saturated heterocycles. The fraction of sp³-hybridized carbons (Fsp3) is 0.667. The lowest BCUT2D eigenvalue weighted by molar-refractivity contribution is 0.131. The number of aliphatic hydroxyl groups is 1. The number of aromatic nitrogens is 2. The van der Waals surface area contributed by atoms with Crippen LogP contribution in [0.25, 0.3) is 0 Å². The molecule has 0 aliphatic rings. The van der Waals surface area contributed by atoms with Gasteiger partial charge in [0.15, 0.2) is 0 Å². The summed E-state index contributed by atoms with van der Waals surface area (Å²) in [6, 6.07) is 2.07. The van der Waals surface area contributed by atoms with Crippen LogP contribution < -0.4 is 0 Å². The first-order valence-electron chi connectivity index (χ1n) is 4.23. The minimum atomic E-state index is -0.358. The molecule has 68 valence electrons. The van der Waals surface area contributed by atoms with Crippen molar-refractivity contribution >= 4 is 0 Å². The molecule has 0 radical (unpaired) electrons. The van der Waals surface area contributed by atoms with Gasteiger partial charge < -0.3 is 5.11 Å². The number of aryl methyl sites for hydroxylation is 2. The molecule has 1 aromatic heterocycles. The summed E-state index contributed by atoms with van der Waals surface area (Å²) in [7, 11) is 0. The van der Waals surface area contributed by atoms with Gasteiger partial charge in [-0.3, -0.25) is 4.68 Å². The summed E-state index contributed by atoms with van der Waals surface area (Å²) in [6.45, 7) is 7.70. The Morgan fingerprint density at radius 3 is 2.33 bits per heavy atom. The lowest BCUT2D eigenvalue weighted by Crippen LogP contribution is -2.20. The molecule has 0 aliphatic heterocycles. The van der Waals surface area contributed by atoms with E-state index in [1.165, 1.54) is 0 Å². The standard InChI is InChI=1S/C9H16N2O/c1-6-5-7(2)11(10-6)8(3)9(4)12/h5,8-9,12H,1-4H3. The molecule has 0 bridgehead atoms. The maximum Gasteiger partial charge on any atom is 0.0750 e. The third-order valence-corrected chi connectivity index (χ3v) is 2.13. The van der Waals surface area contributed by atoms with E-state index >= 15 is 0 Å². The molecular weight excluding hydrogens is 152 g/mol. The molecule has 1 heterocycles. The van der Waals surface area contributed by atoms with Crippen LogP contribution in [0, 0.1) is 13.8 Å². The molecule has 2 unspecified atom stereocenters. The second-order valence-electron chi connectivity index (χ2n) is 3.35. The van der Waals surface area contributed by atoms with Crippen LogP contribution in [0.15, 0.2) is 6.07 Å². The lowest BCUT2D eigenvalue weighted by Gasteiger charge is -2.16. The Morgan fingerprint density at radius 1 is 1.42 bits per heavy atom. The highest BCUT2D eigenvalue weighted by Gasteiger charge is 2.13. The number of aliphatic hydroxyl groups excluding tert-OH is 1. The van der Waals surface area contributed by atoms with Gasteiger partial charge in [0, 0.05) is 5.69 Å². The van der Waals surface area contributed by atoms with Crippen LogP contribution in [0.4, 0.5) is 0 Å². The number of hydrogen-bond donors (Lipinski definition) is 1. The monoisotopic (exact) mass is 168 g/mol. The third-order valence-electron chi connectivity index (χ3n) is 2.13. The third kappa shape index (κ3) is 1.67. The zero-order valence-corrected chi connectivity index (χ0v) is 8.07. The summed E-state index contributed by atoms with van der Waals surface area (Å²) in [4.78, 5) is 0. The van der Waals surface area contributed by atoms with Gasteiger partial charge in [-0.05, 0) is 33.8 Å². The van der Waals surface area contributed by atoms with E-state index in [0.29, 0.717) is 0 Å². The van der Waals surface area contributed by atoms with Gasteiger partial charge in [0.1, 0.15) is 0 Å². The molecule has 1 aromatic rings. The molecule has 12 heavy (non-hydrogen) atoms. The van der Waals surface area contributed by atoms with Crippen molar-refractivity contribution in [2.75, 3.05) is 0 Å². The lowest BCUT2D eigenvalue weighted by atomic mass is 10.2. The first kappa shape index (κ1) is 9.26. The van der Waals surface area contributed by atoms with Crippen LogP contribution in [0.2, 0.25) is 0 Å². The Morgan fingerprint density at radius 2 is 2.00 bits per heavy atom. The smallest absolute Gasteiger partial charge is 0.0750 e.